The van der Waals surface area contributed by atoms with E-state index in [0.29, 0.717) is 12.2 Å². The minimum absolute atomic E-state index is 0.0508. The number of hydrogen-bond acceptors (Lipinski definition) is 0. The highest BCUT2D eigenvalue weighted by Crippen LogP contribution is 2.24. The second-order valence-electron chi connectivity index (χ2n) is 1.67. The summed E-state index contributed by atoms with van der Waals surface area (Å²) in [5.41, 5.74) is -0.818. The van der Waals surface area contributed by atoms with E-state index in [1.807, 2.05) is 0 Å². The summed E-state index contributed by atoms with van der Waals surface area (Å²) < 4.78 is 45.8. The topological polar surface area (TPSA) is 0 Å². The Kier molecular flexibility index (Phi) is 3.12. The molecule has 58 valence electrons. The van der Waals surface area contributed by atoms with Gasteiger partial charge in [-0.05, 0) is 13.0 Å². The third kappa shape index (κ3) is 3.27. The van der Waals surface area contributed by atoms with Gasteiger partial charge in [-0.2, -0.15) is 13.2 Å². The summed E-state index contributed by atoms with van der Waals surface area (Å²) in [6.45, 7) is 0.875. The summed E-state index contributed by atoms with van der Waals surface area (Å²) in [6.07, 6.45) is -2.93. The van der Waals surface area contributed by atoms with Crippen molar-refractivity contribution in [1.29, 1.82) is 0 Å². The van der Waals surface area contributed by atoms with Gasteiger partial charge in [0.1, 0.15) is 0 Å². The molecule has 0 radical (unpaired) electrons. The van der Waals surface area contributed by atoms with Gasteiger partial charge in [0.15, 0.2) is 0 Å². The first-order valence-electron chi connectivity index (χ1n) is 2.49. The lowest BCUT2D eigenvalue weighted by molar-refractivity contribution is -0.0912. The Labute approximate surface area is 55.8 Å². The smallest absolute Gasteiger partial charge is 0.216 e. The number of halogens is 4. The predicted octanol–water partition coefficient (Wildman–Crippen LogP) is 2.98. The van der Waals surface area contributed by atoms with Crippen LogP contribution in [0.2, 0.25) is 0 Å². The first kappa shape index (κ1) is 9.20. The molecule has 0 heterocycles. The molecule has 0 aromatic carbocycles. The van der Waals surface area contributed by atoms with Crippen LogP contribution in [0.5, 0.6) is 0 Å². The van der Waals surface area contributed by atoms with Crippen LogP contribution in [0, 0.1) is 0 Å². The SMILES string of the molecule is CC(=CC=CF)C(F)(F)F. The van der Waals surface area contributed by atoms with E-state index in [0.717, 1.165) is 6.92 Å². The molecular formula is C6H6F4. The van der Waals surface area contributed by atoms with Crippen molar-refractivity contribution < 1.29 is 17.6 Å². The molecule has 0 aliphatic carbocycles. The highest BCUT2D eigenvalue weighted by Gasteiger charge is 2.29. The van der Waals surface area contributed by atoms with Crippen LogP contribution >= 0.6 is 0 Å². The van der Waals surface area contributed by atoms with Gasteiger partial charge in [-0.3, -0.25) is 0 Å². The number of hydrogen-bond donors (Lipinski definition) is 0. The zero-order chi connectivity index (χ0) is 8.20. The van der Waals surface area contributed by atoms with Crippen molar-refractivity contribution in [2.24, 2.45) is 0 Å². The van der Waals surface area contributed by atoms with E-state index < -0.39 is 11.7 Å². The summed E-state index contributed by atoms with van der Waals surface area (Å²) >= 11 is 0. The normalized spacial score (nSPS) is 14.7. The van der Waals surface area contributed by atoms with Crippen molar-refractivity contribution in [3.63, 3.8) is 0 Å². The zero-order valence-corrected chi connectivity index (χ0v) is 5.24. The Bertz CT molecular complexity index is 152. The molecule has 0 saturated heterocycles. The minimum atomic E-state index is -4.35. The lowest BCUT2D eigenvalue weighted by atomic mass is 10.3. The lowest BCUT2D eigenvalue weighted by Crippen LogP contribution is -2.08. The monoisotopic (exact) mass is 154 g/mol. The molecule has 0 nitrogen and oxygen atoms in total. The molecule has 0 aliphatic heterocycles. The molecule has 0 spiro atoms. The number of rotatable bonds is 1. The highest BCUT2D eigenvalue weighted by molar-refractivity contribution is 5.13. The summed E-state index contributed by atoms with van der Waals surface area (Å²) in [4.78, 5) is 0. The van der Waals surface area contributed by atoms with Gasteiger partial charge in [0.05, 0.1) is 6.33 Å². The fraction of sp³-hybridized carbons (Fsp3) is 0.333. The standard InChI is InChI=1S/C6H6F4/c1-5(3-2-4-7)6(8,9)10/h2-4H,1H3. The van der Waals surface area contributed by atoms with Gasteiger partial charge in [-0.15, -0.1) is 0 Å². The molecule has 4 heteroatoms. The first-order chi connectivity index (χ1) is 4.48. The Morgan fingerprint density at radius 1 is 1.30 bits per heavy atom. The first-order valence-corrected chi connectivity index (χ1v) is 2.49. The third-order valence-electron chi connectivity index (χ3n) is 0.866. The van der Waals surface area contributed by atoms with Crippen LogP contribution in [-0.2, 0) is 0 Å². The van der Waals surface area contributed by atoms with Crippen molar-refractivity contribution in [3.8, 4) is 0 Å². The van der Waals surface area contributed by atoms with Gasteiger partial charge in [-0.25, -0.2) is 4.39 Å². The molecule has 0 fully saturated rings. The Hall–Kier alpha value is -0.800. The molecule has 0 aliphatic rings. The quantitative estimate of drug-likeness (QED) is 0.402. The minimum Gasteiger partial charge on any atom is -0.216 e. The van der Waals surface area contributed by atoms with E-state index in [1.165, 1.54) is 0 Å². The maximum Gasteiger partial charge on any atom is 0.412 e. The Morgan fingerprint density at radius 3 is 2.10 bits per heavy atom. The second-order valence-corrected chi connectivity index (χ2v) is 1.67. The average Bonchev–Trinajstić information content (AvgIpc) is 1.80. The van der Waals surface area contributed by atoms with E-state index in [9.17, 15) is 17.6 Å². The predicted molar refractivity (Wildman–Crippen MR) is 30.1 cm³/mol. The van der Waals surface area contributed by atoms with E-state index in [4.69, 9.17) is 0 Å². The van der Waals surface area contributed by atoms with E-state index in [-0.39, 0.29) is 6.33 Å². The number of allylic oxidation sites excluding steroid dienone is 3. The zero-order valence-electron chi connectivity index (χ0n) is 5.24. The average molecular weight is 154 g/mol. The van der Waals surface area contributed by atoms with E-state index >= 15 is 0 Å². The fourth-order valence-corrected chi connectivity index (χ4v) is 0.275. The van der Waals surface area contributed by atoms with Gasteiger partial charge in [0.25, 0.3) is 0 Å². The molecule has 0 aromatic heterocycles. The summed E-state index contributed by atoms with van der Waals surface area (Å²) in [7, 11) is 0. The Morgan fingerprint density at radius 2 is 1.80 bits per heavy atom. The fourth-order valence-electron chi connectivity index (χ4n) is 0.275. The van der Waals surface area contributed by atoms with Crippen molar-refractivity contribution in [2.75, 3.05) is 0 Å². The largest absolute Gasteiger partial charge is 0.412 e. The van der Waals surface area contributed by atoms with Crippen molar-refractivity contribution in [1.82, 2.24) is 0 Å². The molecule has 0 bridgehead atoms. The van der Waals surface area contributed by atoms with Crippen LogP contribution in [0.4, 0.5) is 17.6 Å². The molecular weight excluding hydrogens is 148 g/mol. The maximum absolute atomic E-state index is 11.5. The molecule has 0 amide bonds. The van der Waals surface area contributed by atoms with Crippen LogP contribution in [0.3, 0.4) is 0 Å². The van der Waals surface area contributed by atoms with Crippen LogP contribution < -0.4 is 0 Å². The summed E-state index contributed by atoms with van der Waals surface area (Å²) in [6, 6.07) is 0. The Balaban J connectivity index is 4.20. The van der Waals surface area contributed by atoms with E-state index in [1.54, 1.807) is 0 Å². The maximum atomic E-state index is 11.5. The molecule has 0 unspecified atom stereocenters. The molecule has 10 heavy (non-hydrogen) atoms. The van der Waals surface area contributed by atoms with Crippen molar-refractivity contribution in [3.05, 3.63) is 24.1 Å². The van der Waals surface area contributed by atoms with Crippen LogP contribution in [0.25, 0.3) is 0 Å². The van der Waals surface area contributed by atoms with Gasteiger partial charge in [-0.1, -0.05) is 6.08 Å². The van der Waals surface area contributed by atoms with Crippen molar-refractivity contribution >= 4 is 0 Å². The molecule has 0 saturated carbocycles. The van der Waals surface area contributed by atoms with Crippen LogP contribution in [0.15, 0.2) is 24.1 Å². The number of alkyl halides is 3. The second kappa shape index (κ2) is 3.39. The molecule has 0 rings (SSSR count). The molecule has 0 aromatic rings. The highest BCUT2D eigenvalue weighted by atomic mass is 19.4. The van der Waals surface area contributed by atoms with E-state index in [2.05, 4.69) is 0 Å². The van der Waals surface area contributed by atoms with Crippen molar-refractivity contribution in [2.45, 2.75) is 13.1 Å². The lowest BCUT2D eigenvalue weighted by Gasteiger charge is -2.03. The van der Waals surface area contributed by atoms with Gasteiger partial charge >= 0.3 is 6.18 Å². The molecule has 0 N–H and O–H groups in total. The third-order valence-corrected chi connectivity index (χ3v) is 0.866. The van der Waals surface area contributed by atoms with Crippen LogP contribution in [-0.4, -0.2) is 6.18 Å². The van der Waals surface area contributed by atoms with Gasteiger partial charge < -0.3 is 0 Å². The van der Waals surface area contributed by atoms with Crippen LogP contribution in [0.1, 0.15) is 6.92 Å². The summed E-state index contributed by atoms with van der Waals surface area (Å²) in [5.74, 6) is 0. The molecule has 0 atom stereocenters. The van der Waals surface area contributed by atoms with Gasteiger partial charge in [0, 0.05) is 5.57 Å². The van der Waals surface area contributed by atoms with Gasteiger partial charge in [0.2, 0.25) is 0 Å². The summed E-state index contributed by atoms with van der Waals surface area (Å²) in [5, 5.41) is 0.